The third-order valence-corrected chi connectivity index (χ3v) is 6.51. The molecule has 2 N–H and O–H groups in total. The number of hydrogen-bond donors (Lipinski definition) is 2. The summed E-state index contributed by atoms with van der Waals surface area (Å²) in [6.07, 6.45) is 6.12. The van der Waals surface area contributed by atoms with Crippen LogP contribution in [0.3, 0.4) is 0 Å². The standard InChI is InChI=1S/C18H20N2O4S/c21-17-10-14-7-6-13(12-4-2-1-3-5-12)8-15(14)9-16(17)20-11-18(22)19-25(20,23)24/h6-10,12,21H,1-5,11H2,(H,19,22). The van der Waals surface area contributed by atoms with Crippen molar-refractivity contribution in [1.29, 1.82) is 0 Å². The van der Waals surface area contributed by atoms with E-state index in [-0.39, 0.29) is 18.0 Å². The number of fused-ring (bicyclic) bond motifs is 1. The van der Waals surface area contributed by atoms with Crippen LogP contribution in [0.15, 0.2) is 30.3 Å². The number of carbonyl (C=O) groups excluding carboxylic acids is 1. The molecule has 1 saturated carbocycles. The van der Waals surface area contributed by atoms with E-state index < -0.39 is 16.1 Å². The Morgan fingerprint density at radius 2 is 1.80 bits per heavy atom. The van der Waals surface area contributed by atoms with E-state index in [9.17, 15) is 18.3 Å². The van der Waals surface area contributed by atoms with E-state index in [0.29, 0.717) is 5.92 Å². The van der Waals surface area contributed by atoms with Gasteiger partial charge in [-0.1, -0.05) is 37.5 Å². The minimum Gasteiger partial charge on any atom is -0.506 e. The first-order valence-corrected chi connectivity index (χ1v) is 9.98. The number of aromatic hydroxyl groups is 1. The van der Waals surface area contributed by atoms with Crippen molar-refractivity contribution in [3.63, 3.8) is 0 Å². The van der Waals surface area contributed by atoms with Crippen LogP contribution >= 0.6 is 0 Å². The fourth-order valence-corrected chi connectivity index (χ4v) is 5.00. The van der Waals surface area contributed by atoms with Crippen LogP contribution in [0.25, 0.3) is 10.8 Å². The lowest BCUT2D eigenvalue weighted by Crippen LogP contribution is -2.29. The topological polar surface area (TPSA) is 86.7 Å². The quantitative estimate of drug-likeness (QED) is 0.862. The second-order valence-electron chi connectivity index (χ2n) is 6.82. The number of nitrogens with zero attached hydrogens (tertiary/aromatic N) is 1. The average molecular weight is 360 g/mol. The Balaban J connectivity index is 1.78. The molecule has 1 aliphatic heterocycles. The number of carbonyl (C=O) groups is 1. The molecule has 0 bridgehead atoms. The molecule has 6 nitrogen and oxygen atoms in total. The highest BCUT2D eigenvalue weighted by atomic mass is 32.2. The van der Waals surface area contributed by atoms with Crippen molar-refractivity contribution in [1.82, 2.24) is 4.72 Å². The fraction of sp³-hybridized carbons (Fsp3) is 0.389. The maximum Gasteiger partial charge on any atom is 0.326 e. The lowest BCUT2D eigenvalue weighted by molar-refractivity contribution is -0.117. The number of benzene rings is 2. The Bertz CT molecular complexity index is 949. The predicted octanol–water partition coefficient (Wildman–Crippen LogP) is 2.77. The van der Waals surface area contributed by atoms with E-state index in [0.717, 1.165) is 15.1 Å². The summed E-state index contributed by atoms with van der Waals surface area (Å²) in [5.74, 6) is -0.220. The van der Waals surface area contributed by atoms with Gasteiger partial charge in [0.1, 0.15) is 12.3 Å². The molecule has 1 amide bonds. The summed E-state index contributed by atoms with van der Waals surface area (Å²) in [7, 11) is -3.94. The van der Waals surface area contributed by atoms with E-state index in [1.165, 1.54) is 37.7 Å². The monoisotopic (exact) mass is 360 g/mol. The van der Waals surface area contributed by atoms with Crippen LogP contribution in [0, 0.1) is 0 Å². The largest absolute Gasteiger partial charge is 0.506 e. The number of anilines is 1. The van der Waals surface area contributed by atoms with Gasteiger partial charge in [-0.2, -0.15) is 8.42 Å². The summed E-state index contributed by atoms with van der Waals surface area (Å²) in [4.78, 5) is 11.5. The molecule has 1 saturated heterocycles. The molecule has 1 aliphatic carbocycles. The van der Waals surface area contributed by atoms with Crippen LogP contribution < -0.4 is 9.03 Å². The van der Waals surface area contributed by atoms with Gasteiger partial charge in [0.2, 0.25) is 0 Å². The molecule has 7 heteroatoms. The van der Waals surface area contributed by atoms with Crippen LogP contribution in [0.4, 0.5) is 5.69 Å². The van der Waals surface area contributed by atoms with Gasteiger partial charge in [-0.15, -0.1) is 0 Å². The summed E-state index contributed by atoms with van der Waals surface area (Å²) in [5.41, 5.74) is 1.38. The van der Waals surface area contributed by atoms with E-state index in [2.05, 4.69) is 12.1 Å². The van der Waals surface area contributed by atoms with Crippen molar-refractivity contribution in [2.24, 2.45) is 0 Å². The second kappa shape index (κ2) is 5.91. The van der Waals surface area contributed by atoms with E-state index in [1.807, 2.05) is 10.8 Å². The Labute approximate surface area is 146 Å². The lowest BCUT2D eigenvalue weighted by atomic mass is 9.83. The van der Waals surface area contributed by atoms with Crippen LogP contribution in [-0.2, 0) is 15.0 Å². The first kappa shape index (κ1) is 16.2. The molecule has 132 valence electrons. The van der Waals surface area contributed by atoms with E-state index >= 15 is 0 Å². The van der Waals surface area contributed by atoms with Gasteiger partial charge in [0.25, 0.3) is 5.91 Å². The molecule has 2 aromatic carbocycles. The third-order valence-electron chi connectivity index (χ3n) is 5.12. The number of nitrogens with one attached hydrogen (secondary N) is 1. The molecular weight excluding hydrogens is 340 g/mol. The van der Waals surface area contributed by atoms with Gasteiger partial charge in [-0.05, 0) is 47.2 Å². The summed E-state index contributed by atoms with van der Waals surface area (Å²) < 4.78 is 27.0. The van der Waals surface area contributed by atoms with Crippen LogP contribution in [-0.4, -0.2) is 26.0 Å². The zero-order chi connectivity index (χ0) is 17.6. The lowest BCUT2D eigenvalue weighted by Gasteiger charge is -2.22. The van der Waals surface area contributed by atoms with Gasteiger partial charge in [-0.25, -0.2) is 9.03 Å². The van der Waals surface area contributed by atoms with Crippen molar-refractivity contribution in [3.8, 4) is 5.75 Å². The Morgan fingerprint density at radius 3 is 2.48 bits per heavy atom. The van der Waals surface area contributed by atoms with Crippen molar-refractivity contribution < 1.29 is 18.3 Å². The van der Waals surface area contributed by atoms with Gasteiger partial charge in [0.15, 0.2) is 0 Å². The van der Waals surface area contributed by atoms with Gasteiger partial charge in [-0.3, -0.25) is 4.79 Å². The molecular formula is C18H20N2O4S. The minimum atomic E-state index is -3.94. The van der Waals surface area contributed by atoms with Gasteiger partial charge in [0.05, 0.1) is 5.69 Å². The molecule has 2 fully saturated rings. The third kappa shape index (κ3) is 2.93. The zero-order valence-corrected chi connectivity index (χ0v) is 14.6. The smallest absolute Gasteiger partial charge is 0.326 e. The number of rotatable bonds is 2. The molecule has 0 unspecified atom stereocenters. The molecule has 1 heterocycles. The molecule has 0 aromatic heterocycles. The molecule has 2 aromatic rings. The van der Waals surface area contributed by atoms with Crippen molar-refractivity contribution >= 4 is 32.6 Å². The summed E-state index contributed by atoms with van der Waals surface area (Å²) in [6, 6.07) is 9.33. The van der Waals surface area contributed by atoms with Crippen molar-refractivity contribution in [2.45, 2.75) is 38.0 Å². The highest BCUT2D eigenvalue weighted by Gasteiger charge is 2.35. The van der Waals surface area contributed by atoms with E-state index in [4.69, 9.17) is 0 Å². The normalized spacial score (nSPS) is 20.8. The van der Waals surface area contributed by atoms with Gasteiger partial charge < -0.3 is 5.11 Å². The Morgan fingerprint density at radius 1 is 1.04 bits per heavy atom. The molecule has 0 spiro atoms. The molecule has 2 aliphatic rings. The molecule has 25 heavy (non-hydrogen) atoms. The maximum absolute atomic E-state index is 12.1. The second-order valence-corrected chi connectivity index (χ2v) is 8.41. The highest BCUT2D eigenvalue weighted by Crippen LogP contribution is 2.38. The van der Waals surface area contributed by atoms with E-state index in [1.54, 1.807) is 12.1 Å². The maximum atomic E-state index is 12.1. The first-order valence-electron chi connectivity index (χ1n) is 8.54. The predicted molar refractivity (Wildman–Crippen MR) is 95.8 cm³/mol. The Hall–Kier alpha value is -2.28. The van der Waals surface area contributed by atoms with Gasteiger partial charge >= 0.3 is 10.2 Å². The highest BCUT2D eigenvalue weighted by molar-refractivity contribution is 7.92. The number of hydrogen-bond acceptors (Lipinski definition) is 4. The number of phenolic OH excluding ortho intramolecular Hbond substituents is 1. The van der Waals surface area contributed by atoms with Gasteiger partial charge in [0, 0.05) is 0 Å². The minimum absolute atomic E-state index is 0.131. The summed E-state index contributed by atoms with van der Waals surface area (Å²) in [6.45, 7) is -0.316. The molecule has 0 atom stereocenters. The average Bonchev–Trinajstić information content (AvgIpc) is 2.87. The Kier molecular flexibility index (Phi) is 3.83. The molecule has 0 radical (unpaired) electrons. The first-order chi connectivity index (χ1) is 11.9. The summed E-state index contributed by atoms with van der Waals surface area (Å²) in [5, 5.41) is 12.0. The SMILES string of the molecule is O=C1CN(c2cc3cc(C4CCCCC4)ccc3cc2O)S(=O)(=O)N1. The van der Waals surface area contributed by atoms with Crippen LogP contribution in [0.1, 0.15) is 43.6 Å². The molecule has 4 rings (SSSR count). The van der Waals surface area contributed by atoms with Crippen LogP contribution in [0.2, 0.25) is 0 Å². The number of phenols is 1. The number of amides is 1. The van der Waals surface area contributed by atoms with Crippen molar-refractivity contribution in [3.05, 3.63) is 35.9 Å². The zero-order valence-electron chi connectivity index (χ0n) is 13.7. The van der Waals surface area contributed by atoms with Crippen LogP contribution in [0.5, 0.6) is 5.75 Å². The fourth-order valence-electron chi connectivity index (χ4n) is 3.84. The van der Waals surface area contributed by atoms with Crippen molar-refractivity contribution in [2.75, 3.05) is 10.8 Å². The summed E-state index contributed by atoms with van der Waals surface area (Å²) >= 11 is 0.